The van der Waals surface area contributed by atoms with E-state index in [4.69, 9.17) is 0 Å². The number of aromatic amines is 1. The van der Waals surface area contributed by atoms with Gasteiger partial charge in [-0.15, -0.1) is 11.8 Å². The molecule has 0 saturated carbocycles. The number of hydrogen-bond donors (Lipinski definition) is 2. The van der Waals surface area contributed by atoms with Gasteiger partial charge in [-0.3, -0.25) is 0 Å². The van der Waals surface area contributed by atoms with E-state index in [-0.39, 0.29) is 0 Å². The number of fused-ring (bicyclic) bond motifs is 1. The van der Waals surface area contributed by atoms with Gasteiger partial charge in [0.05, 0.1) is 5.03 Å². The van der Waals surface area contributed by atoms with Gasteiger partial charge in [-0.1, -0.05) is 36.4 Å². The Bertz CT molecular complexity index is 670. The molecule has 0 amide bonds. The normalized spacial score (nSPS) is 10.8. The quantitative estimate of drug-likeness (QED) is 0.525. The van der Waals surface area contributed by atoms with E-state index in [0.717, 1.165) is 12.3 Å². The smallest absolute Gasteiger partial charge is 0.0733 e. The highest BCUT2D eigenvalue weighted by molar-refractivity contribution is 7.99. The first-order valence-corrected chi connectivity index (χ1v) is 7.81. The molecule has 1 heterocycles. The summed E-state index contributed by atoms with van der Waals surface area (Å²) in [5.74, 6) is 1.04. The zero-order valence-electron chi connectivity index (χ0n) is 11.5. The summed E-state index contributed by atoms with van der Waals surface area (Å²) in [6, 6.07) is 19.0. The Hall–Kier alpha value is -1.87. The van der Waals surface area contributed by atoms with Gasteiger partial charge in [0.15, 0.2) is 0 Å². The van der Waals surface area contributed by atoms with Gasteiger partial charge < -0.3 is 10.3 Å². The fourth-order valence-corrected chi connectivity index (χ4v) is 3.06. The van der Waals surface area contributed by atoms with Crippen LogP contribution >= 0.6 is 11.8 Å². The second-order valence-corrected chi connectivity index (χ2v) is 5.95. The summed E-state index contributed by atoms with van der Waals surface area (Å²) in [5.41, 5.74) is 3.73. The van der Waals surface area contributed by atoms with Gasteiger partial charge in [0.25, 0.3) is 0 Å². The Labute approximate surface area is 123 Å². The van der Waals surface area contributed by atoms with Gasteiger partial charge >= 0.3 is 0 Å². The monoisotopic (exact) mass is 282 g/mol. The second-order valence-electron chi connectivity index (χ2n) is 4.81. The molecule has 0 fully saturated rings. The van der Waals surface area contributed by atoms with Gasteiger partial charge in [-0.25, -0.2) is 0 Å². The van der Waals surface area contributed by atoms with E-state index in [2.05, 4.69) is 71.8 Å². The summed E-state index contributed by atoms with van der Waals surface area (Å²) in [6.45, 7) is 3.10. The minimum absolute atomic E-state index is 0.963. The summed E-state index contributed by atoms with van der Waals surface area (Å²) >= 11 is 1.85. The maximum atomic E-state index is 3.48. The van der Waals surface area contributed by atoms with Gasteiger partial charge in [-0.05, 0) is 30.7 Å². The van der Waals surface area contributed by atoms with E-state index in [1.807, 2.05) is 11.8 Å². The highest BCUT2D eigenvalue weighted by atomic mass is 32.2. The van der Waals surface area contributed by atoms with Crippen LogP contribution in [0.3, 0.4) is 0 Å². The number of nitrogens with one attached hydrogen (secondary N) is 2. The molecule has 2 nitrogen and oxygen atoms in total. The molecule has 2 aromatic carbocycles. The first-order valence-electron chi connectivity index (χ1n) is 6.83. The molecule has 0 aliphatic carbocycles. The second kappa shape index (κ2) is 6.06. The van der Waals surface area contributed by atoms with Crippen molar-refractivity contribution in [1.29, 1.82) is 0 Å². The number of aromatic nitrogens is 1. The Morgan fingerprint density at radius 3 is 2.70 bits per heavy atom. The molecule has 0 saturated heterocycles. The number of H-pyrrole nitrogens is 1. The summed E-state index contributed by atoms with van der Waals surface area (Å²) in [7, 11) is 0. The van der Waals surface area contributed by atoms with Crippen molar-refractivity contribution in [2.45, 2.75) is 11.9 Å². The highest BCUT2D eigenvalue weighted by Crippen LogP contribution is 2.23. The lowest BCUT2D eigenvalue weighted by Crippen LogP contribution is -2.05. The van der Waals surface area contributed by atoms with Crippen molar-refractivity contribution < 1.29 is 0 Å². The summed E-state index contributed by atoms with van der Waals surface area (Å²) in [6.07, 6.45) is 0. The summed E-state index contributed by atoms with van der Waals surface area (Å²) < 4.78 is 0. The average Bonchev–Trinajstić information content (AvgIpc) is 2.88. The molecule has 0 aliphatic rings. The van der Waals surface area contributed by atoms with E-state index in [1.165, 1.54) is 27.2 Å². The lowest BCUT2D eigenvalue weighted by Gasteiger charge is -2.08. The molecule has 0 spiro atoms. The highest BCUT2D eigenvalue weighted by Gasteiger charge is 2.01. The molecule has 0 atom stereocenters. The lowest BCUT2D eigenvalue weighted by atomic mass is 10.2. The van der Waals surface area contributed by atoms with Crippen LogP contribution in [0.5, 0.6) is 0 Å². The molecular weight excluding hydrogens is 264 g/mol. The van der Waals surface area contributed by atoms with Crippen LogP contribution in [0.4, 0.5) is 5.69 Å². The number of rotatable bonds is 5. The van der Waals surface area contributed by atoms with Crippen molar-refractivity contribution in [1.82, 2.24) is 4.98 Å². The molecule has 3 aromatic rings. The van der Waals surface area contributed by atoms with E-state index in [9.17, 15) is 0 Å². The fraction of sp³-hybridized carbons (Fsp3) is 0.176. The topological polar surface area (TPSA) is 27.8 Å². The number of para-hydroxylation sites is 2. The molecule has 2 N–H and O–H groups in total. The molecule has 0 aliphatic heterocycles. The van der Waals surface area contributed by atoms with Crippen LogP contribution in [0.25, 0.3) is 10.9 Å². The SMILES string of the molecule is Cc1ccccc1NCCSc1cc2ccccc2[nH]1. The molecule has 102 valence electrons. The third-order valence-electron chi connectivity index (χ3n) is 3.33. The van der Waals surface area contributed by atoms with Crippen molar-refractivity contribution in [2.24, 2.45) is 0 Å². The van der Waals surface area contributed by atoms with Gasteiger partial charge in [-0.2, -0.15) is 0 Å². The number of hydrogen-bond acceptors (Lipinski definition) is 2. The number of benzene rings is 2. The van der Waals surface area contributed by atoms with Crippen LogP contribution in [0, 0.1) is 6.92 Å². The zero-order valence-corrected chi connectivity index (χ0v) is 12.3. The van der Waals surface area contributed by atoms with Gasteiger partial charge in [0, 0.05) is 28.9 Å². The Morgan fingerprint density at radius 2 is 1.85 bits per heavy atom. The van der Waals surface area contributed by atoms with E-state index in [1.54, 1.807) is 0 Å². The van der Waals surface area contributed by atoms with Crippen molar-refractivity contribution in [2.75, 3.05) is 17.6 Å². The molecule has 3 rings (SSSR count). The zero-order chi connectivity index (χ0) is 13.8. The third kappa shape index (κ3) is 2.99. The third-order valence-corrected chi connectivity index (χ3v) is 4.26. The number of aryl methyl sites for hydroxylation is 1. The van der Waals surface area contributed by atoms with Crippen LogP contribution < -0.4 is 5.32 Å². The Kier molecular flexibility index (Phi) is 3.97. The average molecular weight is 282 g/mol. The maximum absolute atomic E-state index is 3.48. The predicted octanol–water partition coefficient (Wildman–Crippen LogP) is 4.68. The summed E-state index contributed by atoms with van der Waals surface area (Å²) in [4.78, 5) is 3.44. The predicted molar refractivity (Wildman–Crippen MR) is 88.7 cm³/mol. The van der Waals surface area contributed by atoms with E-state index < -0.39 is 0 Å². The Balaban J connectivity index is 1.54. The van der Waals surface area contributed by atoms with Crippen LogP contribution in [-0.2, 0) is 0 Å². The molecule has 3 heteroatoms. The van der Waals surface area contributed by atoms with Crippen LogP contribution in [0.1, 0.15) is 5.56 Å². The standard InChI is InChI=1S/C17H18N2S/c1-13-6-2-4-8-15(13)18-10-11-20-17-12-14-7-3-5-9-16(14)19-17/h2-9,12,18-19H,10-11H2,1H3. The maximum Gasteiger partial charge on any atom is 0.0733 e. The molecule has 0 bridgehead atoms. The fourth-order valence-electron chi connectivity index (χ4n) is 2.24. The minimum Gasteiger partial charge on any atom is -0.384 e. The Morgan fingerprint density at radius 1 is 1.05 bits per heavy atom. The van der Waals surface area contributed by atoms with Crippen molar-refractivity contribution >= 4 is 28.4 Å². The van der Waals surface area contributed by atoms with Crippen LogP contribution in [-0.4, -0.2) is 17.3 Å². The van der Waals surface area contributed by atoms with Crippen molar-refractivity contribution in [3.8, 4) is 0 Å². The molecular formula is C17H18N2S. The molecule has 0 unspecified atom stereocenters. The first-order chi connectivity index (χ1) is 9.83. The summed E-state index contributed by atoms with van der Waals surface area (Å²) in [5, 5.41) is 6.00. The molecule has 1 aromatic heterocycles. The van der Waals surface area contributed by atoms with Gasteiger partial charge in [0.1, 0.15) is 0 Å². The van der Waals surface area contributed by atoms with E-state index in [0.29, 0.717) is 0 Å². The van der Waals surface area contributed by atoms with Crippen molar-refractivity contribution in [3.63, 3.8) is 0 Å². The lowest BCUT2D eigenvalue weighted by molar-refractivity contribution is 1.19. The van der Waals surface area contributed by atoms with Gasteiger partial charge in [0.2, 0.25) is 0 Å². The van der Waals surface area contributed by atoms with Crippen molar-refractivity contribution in [3.05, 3.63) is 60.2 Å². The van der Waals surface area contributed by atoms with Crippen LogP contribution in [0.2, 0.25) is 0 Å². The largest absolute Gasteiger partial charge is 0.384 e. The minimum atomic E-state index is 0.963. The molecule has 0 radical (unpaired) electrons. The first kappa shape index (κ1) is 13.1. The number of anilines is 1. The molecule has 20 heavy (non-hydrogen) atoms. The van der Waals surface area contributed by atoms with E-state index >= 15 is 0 Å². The van der Waals surface area contributed by atoms with Crippen LogP contribution in [0.15, 0.2) is 59.6 Å². The number of thioether (sulfide) groups is 1.